The highest BCUT2D eigenvalue weighted by Crippen LogP contribution is 2.26. The van der Waals surface area contributed by atoms with Gasteiger partial charge in [-0.05, 0) is 11.4 Å². The maximum atomic E-state index is 9.36. The molecule has 0 aromatic carbocycles. The topological polar surface area (TPSA) is 50.1 Å². The molecular formula is C14H21N3OS. The van der Waals surface area contributed by atoms with Gasteiger partial charge in [0.2, 0.25) is 0 Å². The van der Waals surface area contributed by atoms with E-state index in [0.29, 0.717) is 0 Å². The predicted octanol–water partition coefficient (Wildman–Crippen LogP) is 2.18. The summed E-state index contributed by atoms with van der Waals surface area (Å²) in [5.74, 6) is 0.996. The molecule has 2 rings (SSSR count). The summed E-state index contributed by atoms with van der Waals surface area (Å²) in [5, 5.41) is 15.0. The Morgan fingerprint density at radius 1 is 1.53 bits per heavy atom. The van der Waals surface area contributed by atoms with E-state index in [2.05, 4.69) is 27.8 Å². The van der Waals surface area contributed by atoms with Gasteiger partial charge in [0.05, 0.1) is 0 Å². The van der Waals surface area contributed by atoms with E-state index in [1.165, 1.54) is 4.88 Å². The van der Waals surface area contributed by atoms with Crippen molar-refractivity contribution in [3.8, 4) is 0 Å². The fraction of sp³-hybridized carbons (Fsp3) is 0.500. The molecule has 104 valence electrons. The summed E-state index contributed by atoms with van der Waals surface area (Å²) in [6.07, 6.45) is 3.77. The smallest absolute Gasteiger partial charge is 0.131 e. The lowest BCUT2D eigenvalue weighted by Gasteiger charge is -2.26. The molecule has 0 aliphatic carbocycles. The van der Waals surface area contributed by atoms with Crippen molar-refractivity contribution >= 4 is 11.3 Å². The number of aromatic nitrogens is 2. The fourth-order valence-electron chi connectivity index (χ4n) is 1.86. The Kier molecular flexibility index (Phi) is 4.39. The number of nitrogens with zero attached hydrogens (tertiary/aromatic N) is 2. The summed E-state index contributed by atoms with van der Waals surface area (Å²) in [6.45, 7) is 4.99. The first-order valence-corrected chi connectivity index (χ1v) is 7.26. The van der Waals surface area contributed by atoms with Crippen LogP contribution in [-0.4, -0.2) is 27.8 Å². The number of thiophene rings is 1. The van der Waals surface area contributed by atoms with Crippen LogP contribution in [0.4, 0.5) is 0 Å². The molecule has 4 nitrogen and oxygen atoms in total. The number of hydrogen-bond donors (Lipinski definition) is 2. The highest BCUT2D eigenvalue weighted by molar-refractivity contribution is 7.10. The minimum Gasteiger partial charge on any atom is -0.396 e. The number of aliphatic hydroxyl groups is 1. The molecule has 0 bridgehead atoms. The summed E-state index contributed by atoms with van der Waals surface area (Å²) < 4.78 is 2.03. The predicted molar refractivity (Wildman–Crippen MR) is 78.2 cm³/mol. The van der Waals surface area contributed by atoms with Crippen LogP contribution >= 0.6 is 11.3 Å². The zero-order valence-corrected chi connectivity index (χ0v) is 12.4. The molecular weight excluding hydrogens is 258 g/mol. The van der Waals surface area contributed by atoms with Crippen LogP contribution in [0.3, 0.4) is 0 Å². The van der Waals surface area contributed by atoms with Gasteiger partial charge in [-0.25, -0.2) is 4.98 Å². The van der Waals surface area contributed by atoms with Crippen molar-refractivity contribution in [3.05, 3.63) is 40.6 Å². The maximum absolute atomic E-state index is 9.36. The van der Waals surface area contributed by atoms with E-state index in [-0.39, 0.29) is 18.1 Å². The number of nitrogens with one attached hydrogen (secondary N) is 1. The Labute approximate surface area is 118 Å². The van der Waals surface area contributed by atoms with Crippen LogP contribution in [-0.2, 0) is 7.05 Å². The van der Waals surface area contributed by atoms with E-state index >= 15 is 0 Å². The molecule has 0 fully saturated rings. The van der Waals surface area contributed by atoms with Crippen molar-refractivity contribution in [2.24, 2.45) is 12.5 Å². The molecule has 0 aliphatic rings. The van der Waals surface area contributed by atoms with Crippen LogP contribution in [0.25, 0.3) is 0 Å². The Morgan fingerprint density at radius 2 is 2.32 bits per heavy atom. The van der Waals surface area contributed by atoms with E-state index in [0.717, 1.165) is 12.4 Å². The minimum absolute atomic E-state index is 0.0748. The normalized spacial score (nSPS) is 13.7. The molecule has 1 atom stereocenters. The van der Waals surface area contributed by atoms with E-state index in [1.54, 1.807) is 11.3 Å². The van der Waals surface area contributed by atoms with Crippen LogP contribution in [0.5, 0.6) is 0 Å². The molecule has 2 N–H and O–H groups in total. The van der Waals surface area contributed by atoms with Gasteiger partial charge in [-0.3, -0.25) is 0 Å². The molecule has 19 heavy (non-hydrogen) atoms. The Bertz CT molecular complexity index is 505. The van der Waals surface area contributed by atoms with E-state index in [1.807, 2.05) is 37.9 Å². The molecule has 1 unspecified atom stereocenters. The van der Waals surface area contributed by atoms with Crippen molar-refractivity contribution in [1.82, 2.24) is 14.9 Å². The molecule has 2 aromatic rings. The molecule has 5 heteroatoms. The summed E-state index contributed by atoms with van der Waals surface area (Å²) in [5.41, 5.74) is -0.138. The summed E-state index contributed by atoms with van der Waals surface area (Å²) in [6, 6.07) is 4.24. The fourth-order valence-corrected chi connectivity index (χ4v) is 2.66. The zero-order chi connectivity index (χ0) is 13.9. The summed E-state index contributed by atoms with van der Waals surface area (Å²) in [7, 11) is 2.00. The van der Waals surface area contributed by atoms with Crippen molar-refractivity contribution < 1.29 is 5.11 Å². The quantitative estimate of drug-likeness (QED) is 0.852. The average molecular weight is 279 g/mol. The van der Waals surface area contributed by atoms with Crippen LogP contribution in [0, 0.1) is 5.41 Å². The highest BCUT2D eigenvalue weighted by atomic mass is 32.1. The molecule has 2 heterocycles. The number of imidazole rings is 1. The van der Waals surface area contributed by atoms with E-state index in [9.17, 15) is 5.11 Å². The van der Waals surface area contributed by atoms with Gasteiger partial charge < -0.3 is 15.0 Å². The first-order chi connectivity index (χ1) is 9.03. The van der Waals surface area contributed by atoms with Crippen molar-refractivity contribution in [2.45, 2.75) is 19.9 Å². The van der Waals surface area contributed by atoms with E-state index < -0.39 is 0 Å². The Hall–Kier alpha value is -1.17. The van der Waals surface area contributed by atoms with Gasteiger partial charge in [0.15, 0.2) is 0 Å². The highest BCUT2D eigenvalue weighted by Gasteiger charge is 2.23. The second kappa shape index (κ2) is 5.86. The van der Waals surface area contributed by atoms with Crippen molar-refractivity contribution in [2.75, 3.05) is 13.2 Å². The zero-order valence-electron chi connectivity index (χ0n) is 11.6. The van der Waals surface area contributed by atoms with Crippen LogP contribution in [0.1, 0.15) is 30.6 Å². The van der Waals surface area contributed by atoms with Crippen LogP contribution in [0.2, 0.25) is 0 Å². The number of rotatable bonds is 6. The second-order valence-corrected chi connectivity index (χ2v) is 6.53. The average Bonchev–Trinajstić information content (AvgIpc) is 3.02. The number of aliphatic hydroxyl groups excluding tert-OH is 1. The van der Waals surface area contributed by atoms with Crippen molar-refractivity contribution in [3.63, 3.8) is 0 Å². The van der Waals surface area contributed by atoms with E-state index in [4.69, 9.17) is 0 Å². The first kappa shape index (κ1) is 14.2. The Balaban J connectivity index is 2.19. The third-order valence-electron chi connectivity index (χ3n) is 3.16. The third kappa shape index (κ3) is 3.43. The molecule has 0 aliphatic heterocycles. The number of hydrogen-bond acceptors (Lipinski definition) is 4. The summed E-state index contributed by atoms with van der Waals surface area (Å²) >= 11 is 1.72. The minimum atomic E-state index is -0.138. The SMILES string of the molecule is Cn1ccnc1C(NCC(C)(C)CO)c1cccs1. The van der Waals surface area contributed by atoms with Crippen LogP contribution in [0.15, 0.2) is 29.9 Å². The lowest BCUT2D eigenvalue weighted by Crippen LogP contribution is -2.35. The lowest BCUT2D eigenvalue weighted by atomic mass is 9.94. The Morgan fingerprint density at radius 3 is 2.84 bits per heavy atom. The van der Waals surface area contributed by atoms with Gasteiger partial charge >= 0.3 is 0 Å². The monoisotopic (exact) mass is 279 g/mol. The molecule has 0 amide bonds. The lowest BCUT2D eigenvalue weighted by molar-refractivity contribution is 0.154. The molecule has 0 saturated carbocycles. The third-order valence-corrected chi connectivity index (χ3v) is 4.09. The summed E-state index contributed by atoms with van der Waals surface area (Å²) in [4.78, 5) is 5.68. The van der Waals surface area contributed by atoms with Gasteiger partial charge in [0, 0.05) is 42.9 Å². The maximum Gasteiger partial charge on any atom is 0.131 e. The van der Waals surface area contributed by atoms with Crippen LogP contribution < -0.4 is 5.32 Å². The van der Waals surface area contributed by atoms with Gasteiger partial charge in [-0.1, -0.05) is 19.9 Å². The molecule has 2 aromatic heterocycles. The molecule has 0 saturated heterocycles. The van der Waals surface area contributed by atoms with Crippen molar-refractivity contribution in [1.29, 1.82) is 0 Å². The standard InChI is InChI=1S/C14H21N3OS/c1-14(2,10-18)9-16-12(11-5-4-8-19-11)13-15-6-7-17(13)3/h4-8,12,16,18H,9-10H2,1-3H3. The second-order valence-electron chi connectivity index (χ2n) is 5.55. The first-order valence-electron chi connectivity index (χ1n) is 6.38. The van der Waals surface area contributed by atoms with Gasteiger partial charge in [-0.2, -0.15) is 0 Å². The van der Waals surface area contributed by atoms with Gasteiger partial charge in [0.1, 0.15) is 11.9 Å². The molecule has 0 radical (unpaired) electrons. The largest absolute Gasteiger partial charge is 0.396 e. The molecule has 0 spiro atoms. The number of aryl methyl sites for hydroxylation is 1. The van der Waals surface area contributed by atoms with Gasteiger partial charge in [0.25, 0.3) is 0 Å². The van der Waals surface area contributed by atoms with Gasteiger partial charge in [-0.15, -0.1) is 11.3 Å².